The standard InChI is InChI=1S/C6H13NO2S.C5H9NO2/c1-7-5(6(8)9)3-4-10-2;7-5(8)4-2-1-3-6-4/h5,7H,3-4H2,1-2H3,(H,8,9);4,6H,1-3H2,(H,7,8)/t5-;4-/m01/s1. The Morgan fingerprint density at radius 2 is 2.17 bits per heavy atom. The van der Waals surface area contributed by atoms with E-state index in [0.717, 1.165) is 25.1 Å². The minimum atomic E-state index is -0.767. The molecule has 0 radical (unpaired) electrons. The van der Waals surface area contributed by atoms with Gasteiger partial charge < -0.3 is 20.8 Å². The van der Waals surface area contributed by atoms with Gasteiger partial charge in [-0.3, -0.25) is 9.59 Å². The summed E-state index contributed by atoms with van der Waals surface area (Å²) in [6.45, 7) is 0.858. The molecule has 1 saturated heterocycles. The van der Waals surface area contributed by atoms with E-state index in [1.807, 2.05) is 6.26 Å². The smallest absolute Gasteiger partial charge is 0.320 e. The van der Waals surface area contributed by atoms with Gasteiger partial charge in [0, 0.05) is 0 Å². The van der Waals surface area contributed by atoms with Crippen molar-refractivity contribution in [2.24, 2.45) is 0 Å². The number of aliphatic carboxylic acids is 2. The normalized spacial score (nSPS) is 19.8. The van der Waals surface area contributed by atoms with E-state index in [9.17, 15) is 9.59 Å². The van der Waals surface area contributed by atoms with Crippen LogP contribution in [0.2, 0.25) is 0 Å². The Morgan fingerprint density at radius 1 is 1.50 bits per heavy atom. The number of rotatable bonds is 6. The second-order valence-corrected chi connectivity index (χ2v) is 4.93. The molecule has 2 atom stereocenters. The molecular weight excluding hydrogens is 256 g/mol. The maximum Gasteiger partial charge on any atom is 0.320 e. The number of carboxylic acid groups (broad SMARTS) is 2. The van der Waals surface area contributed by atoms with Crippen molar-refractivity contribution in [3.8, 4) is 0 Å². The van der Waals surface area contributed by atoms with Crippen LogP contribution in [0.25, 0.3) is 0 Å². The first kappa shape index (κ1) is 17.2. The zero-order valence-corrected chi connectivity index (χ0v) is 11.6. The quantitative estimate of drug-likeness (QED) is 0.552. The largest absolute Gasteiger partial charge is 0.480 e. The van der Waals surface area contributed by atoms with Gasteiger partial charge in [-0.2, -0.15) is 11.8 Å². The molecule has 0 bridgehead atoms. The van der Waals surface area contributed by atoms with Crippen molar-refractivity contribution < 1.29 is 19.8 Å². The summed E-state index contributed by atoms with van der Waals surface area (Å²) in [5.41, 5.74) is 0. The highest BCUT2D eigenvalue weighted by Crippen LogP contribution is 2.03. The van der Waals surface area contributed by atoms with Crippen LogP contribution in [0, 0.1) is 0 Å². The molecule has 0 aliphatic carbocycles. The Bertz CT molecular complexity index is 257. The van der Waals surface area contributed by atoms with E-state index in [1.54, 1.807) is 18.8 Å². The van der Waals surface area contributed by atoms with Crippen LogP contribution in [0.1, 0.15) is 19.3 Å². The molecule has 6 nitrogen and oxygen atoms in total. The number of thioether (sulfide) groups is 1. The minimum absolute atomic E-state index is 0.269. The fourth-order valence-corrected chi connectivity index (χ4v) is 1.99. The molecule has 0 aromatic heterocycles. The number of carboxylic acids is 2. The summed E-state index contributed by atoms with van der Waals surface area (Å²) >= 11 is 1.66. The zero-order valence-electron chi connectivity index (χ0n) is 10.8. The number of nitrogens with one attached hydrogen (secondary N) is 2. The van der Waals surface area contributed by atoms with Crippen LogP contribution in [0.3, 0.4) is 0 Å². The fourth-order valence-electron chi connectivity index (χ4n) is 1.52. The van der Waals surface area contributed by atoms with Gasteiger partial charge in [-0.25, -0.2) is 0 Å². The van der Waals surface area contributed by atoms with E-state index in [-0.39, 0.29) is 12.1 Å². The third-order valence-corrected chi connectivity index (χ3v) is 3.26. The van der Waals surface area contributed by atoms with Crippen LogP contribution in [0.15, 0.2) is 0 Å². The summed E-state index contributed by atoms with van der Waals surface area (Å²) in [4.78, 5) is 20.5. The molecule has 1 fully saturated rings. The Hall–Kier alpha value is -0.790. The third kappa shape index (κ3) is 7.52. The number of likely N-dealkylation sites (N-methyl/N-ethyl adjacent to an activating group) is 1. The Labute approximate surface area is 112 Å². The van der Waals surface area contributed by atoms with E-state index in [4.69, 9.17) is 10.2 Å². The van der Waals surface area contributed by atoms with E-state index in [0.29, 0.717) is 6.42 Å². The predicted molar refractivity (Wildman–Crippen MR) is 72.1 cm³/mol. The summed E-state index contributed by atoms with van der Waals surface area (Å²) in [5, 5.41) is 22.5. The summed E-state index contributed by atoms with van der Waals surface area (Å²) in [6.07, 6.45) is 4.44. The van der Waals surface area contributed by atoms with Gasteiger partial charge in [-0.1, -0.05) is 0 Å². The molecule has 1 aliphatic heterocycles. The lowest BCUT2D eigenvalue weighted by molar-refractivity contribution is -0.140. The lowest BCUT2D eigenvalue weighted by Gasteiger charge is -2.08. The van der Waals surface area contributed by atoms with Crippen LogP contribution in [-0.2, 0) is 9.59 Å². The highest BCUT2D eigenvalue weighted by molar-refractivity contribution is 7.98. The average molecular weight is 278 g/mol. The molecule has 7 heteroatoms. The van der Waals surface area contributed by atoms with Crippen molar-refractivity contribution >= 4 is 23.7 Å². The molecule has 0 aromatic carbocycles. The van der Waals surface area contributed by atoms with Crippen molar-refractivity contribution in [1.82, 2.24) is 10.6 Å². The topological polar surface area (TPSA) is 98.7 Å². The first-order valence-corrected chi connectivity index (χ1v) is 7.27. The maximum absolute atomic E-state index is 10.4. The van der Waals surface area contributed by atoms with Crippen molar-refractivity contribution in [1.29, 1.82) is 0 Å². The van der Waals surface area contributed by atoms with E-state index in [2.05, 4.69) is 10.6 Å². The lowest BCUT2D eigenvalue weighted by atomic mass is 10.2. The van der Waals surface area contributed by atoms with E-state index in [1.165, 1.54) is 0 Å². The molecule has 4 N–H and O–H groups in total. The maximum atomic E-state index is 10.4. The number of hydrogen-bond acceptors (Lipinski definition) is 5. The SMILES string of the molecule is CN[C@@H](CCSC)C(=O)O.O=C(O)[C@H]1CCCN1. The van der Waals surface area contributed by atoms with E-state index < -0.39 is 11.9 Å². The molecule has 0 aromatic rings. The zero-order chi connectivity index (χ0) is 14.0. The molecule has 0 spiro atoms. The summed E-state index contributed by atoms with van der Waals surface area (Å²) in [6, 6.07) is -0.651. The second kappa shape index (κ2) is 10.2. The summed E-state index contributed by atoms with van der Waals surface area (Å²) in [5.74, 6) is -0.600. The molecule has 1 heterocycles. The van der Waals surface area contributed by atoms with Gasteiger partial charge in [0.15, 0.2) is 0 Å². The van der Waals surface area contributed by atoms with Gasteiger partial charge >= 0.3 is 11.9 Å². The fraction of sp³-hybridized carbons (Fsp3) is 0.818. The first-order valence-electron chi connectivity index (χ1n) is 5.88. The monoisotopic (exact) mass is 278 g/mol. The number of carbonyl (C=O) groups is 2. The van der Waals surface area contributed by atoms with Crippen LogP contribution >= 0.6 is 11.8 Å². The predicted octanol–water partition coefficient (Wildman–Crippen LogP) is 0.235. The molecule has 1 aliphatic rings. The third-order valence-electron chi connectivity index (χ3n) is 2.62. The van der Waals surface area contributed by atoms with Gasteiger partial charge in [-0.05, 0) is 44.9 Å². The Balaban J connectivity index is 0.000000327. The molecule has 1 rings (SSSR count). The minimum Gasteiger partial charge on any atom is -0.480 e. The van der Waals surface area contributed by atoms with Gasteiger partial charge in [-0.15, -0.1) is 0 Å². The Kier molecular flexibility index (Phi) is 9.72. The van der Waals surface area contributed by atoms with Crippen LogP contribution in [0.5, 0.6) is 0 Å². The molecule has 0 saturated carbocycles. The van der Waals surface area contributed by atoms with Gasteiger partial charge in [0.05, 0.1) is 0 Å². The van der Waals surface area contributed by atoms with Crippen LogP contribution in [-0.4, -0.2) is 59.8 Å². The molecule has 0 unspecified atom stereocenters. The second-order valence-electron chi connectivity index (χ2n) is 3.95. The summed E-state index contributed by atoms with van der Waals surface area (Å²) < 4.78 is 0. The van der Waals surface area contributed by atoms with Crippen LogP contribution in [0.4, 0.5) is 0 Å². The highest BCUT2D eigenvalue weighted by atomic mass is 32.2. The average Bonchev–Trinajstić information content (AvgIpc) is 2.84. The van der Waals surface area contributed by atoms with E-state index >= 15 is 0 Å². The van der Waals surface area contributed by atoms with Gasteiger partial charge in [0.25, 0.3) is 0 Å². The van der Waals surface area contributed by atoms with Crippen molar-refractivity contribution in [2.75, 3.05) is 25.6 Å². The van der Waals surface area contributed by atoms with Gasteiger partial charge in [0.2, 0.25) is 0 Å². The molecule has 0 amide bonds. The number of hydrogen-bond donors (Lipinski definition) is 4. The Morgan fingerprint density at radius 3 is 2.44 bits per heavy atom. The van der Waals surface area contributed by atoms with Crippen molar-refractivity contribution in [3.63, 3.8) is 0 Å². The lowest BCUT2D eigenvalue weighted by Crippen LogP contribution is -2.34. The summed E-state index contributed by atoms with van der Waals surface area (Å²) in [7, 11) is 1.67. The van der Waals surface area contributed by atoms with Gasteiger partial charge in [0.1, 0.15) is 12.1 Å². The first-order chi connectivity index (χ1) is 8.52. The molecular formula is C11H22N2O4S. The van der Waals surface area contributed by atoms with Crippen LogP contribution < -0.4 is 10.6 Å². The van der Waals surface area contributed by atoms with Crippen molar-refractivity contribution in [3.05, 3.63) is 0 Å². The molecule has 106 valence electrons. The van der Waals surface area contributed by atoms with Crippen molar-refractivity contribution in [2.45, 2.75) is 31.3 Å². The molecule has 18 heavy (non-hydrogen) atoms. The highest BCUT2D eigenvalue weighted by Gasteiger charge is 2.20.